The number of rotatable bonds is 4. The quantitative estimate of drug-likeness (QED) is 0.397. The number of nitrogens with zero attached hydrogens (tertiary/aromatic N) is 5. The van der Waals surface area contributed by atoms with Crippen LogP contribution in [-0.4, -0.2) is 19.9 Å². The number of hydrogen-bond acceptors (Lipinski definition) is 5. The zero-order valence-electron chi connectivity index (χ0n) is 16.2. The first-order valence-electron chi connectivity index (χ1n) is 9.57. The molecule has 0 aliphatic carbocycles. The summed E-state index contributed by atoms with van der Waals surface area (Å²) >= 11 is 0. The third kappa shape index (κ3) is 3.63. The largest absolute Gasteiger partial charge is 0.363 e. The van der Waals surface area contributed by atoms with Gasteiger partial charge in [-0.1, -0.05) is 24.3 Å². The van der Waals surface area contributed by atoms with Crippen molar-refractivity contribution >= 4 is 33.3 Å². The van der Waals surface area contributed by atoms with Gasteiger partial charge in [0.2, 0.25) is 0 Å². The number of benzene rings is 2. The molecule has 2 aromatic carbocycles. The Morgan fingerprint density at radius 3 is 2.71 bits per heavy atom. The molecule has 3 aromatic heterocycles. The second kappa shape index (κ2) is 7.76. The Bertz CT molecular complexity index is 1470. The molecule has 0 bridgehead atoms. The summed E-state index contributed by atoms with van der Waals surface area (Å²) in [6.07, 6.45) is 4.78. The van der Waals surface area contributed by atoms with E-state index in [0.717, 1.165) is 27.4 Å². The Kier molecular flexibility index (Phi) is 4.65. The van der Waals surface area contributed by atoms with Crippen LogP contribution in [0.2, 0.25) is 0 Å². The van der Waals surface area contributed by atoms with Crippen molar-refractivity contribution in [2.75, 3.05) is 5.32 Å². The number of aromatic nitrogens is 4. The number of anilines is 1. The van der Waals surface area contributed by atoms with Crippen LogP contribution >= 0.6 is 0 Å². The fraction of sp³-hybridized carbons (Fsp3) is 0.0417. The third-order valence-electron chi connectivity index (χ3n) is 4.98. The van der Waals surface area contributed by atoms with Crippen molar-refractivity contribution in [1.29, 1.82) is 0 Å². The molecule has 0 spiro atoms. The SMILES string of the molecule is [C-]#[N+]c1ccc2cc(CNc3ncnc(-c4ccc5ncccc5c4)c3F)cnc2c1. The van der Waals surface area contributed by atoms with Crippen molar-refractivity contribution in [2.45, 2.75) is 6.54 Å². The summed E-state index contributed by atoms with van der Waals surface area (Å²) in [5, 5.41) is 4.87. The summed E-state index contributed by atoms with van der Waals surface area (Å²) < 4.78 is 15.2. The van der Waals surface area contributed by atoms with Crippen molar-refractivity contribution < 1.29 is 4.39 Å². The van der Waals surface area contributed by atoms with Crippen LogP contribution in [0.5, 0.6) is 0 Å². The second-order valence-corrected chi connectivity index (χ2v) is 6.98. The Morgan fingerprint density at radius 2 is 1.81 bits per heavy atom. The Labute approximate surface area is 177 Å². The van der Waals surface area contributed by atoms with Crippen LogP contribution in [0, 0.1) is 12.4 Å². The number of halogens is 1. The molecule has 3 heterocycles. The summed E-state index contributed by atoms with van der Waals surface area (Å²) in [6, 6.07) is 16.6. The average molecular weight is 406 g/mol. The van der Waals surface area contributed by atoms with Gasteiger partial charge in [0.05, 0.1) is 17.6 Å². The van der Waals surface area contributed by atoms with E-state index in [2.05, 4.69) is 30.1 Å². The minimum atomic E-state index is -0.513. The molecule has 5 aromatic rings. The Morgan fingerprint density at radius 1 is 0.903 bits per heavy atom. The number of hydrogen-bond donors (Lipinski definition) is 1. The smallest absolute Gasteiger partial charge is 0.191 e. The van der Waals surface area contributed by atoms with E-state index in [0.29, 0.717) is 17.8 Å². The van der Waals surface area contributed by atoms with Gasteiger partial charge in [0.1, 0.15) is 12.0 Å². The molecule has 0 atom stereocenters. The van der Waals surface area contributed by atoms with Crippen molar-refractivity contribution in [3.63, 3.8) is 0 Å². The van der Waals surface area contributed by atoms with Gasteiger partial charge in [-0.3, -0.25) is 9.97 Å². The van der Waals surface area contributed by atoms with Crippen LogP contribution in [0.4, 0.5) is 15.9 Å². The minimum absolute atomic E-state index is 0.125. The highest BCUT2D eigenvalue weighted by Gasteiger charge is 2.13. The molecule has 0 aliphatic rings. The fourth-order valence-electron chi connectivity index (χ4n) is 3.42. The molecule has 0 amide bonds. The first-order chi connectivity index (χ1) is 15.2. The molecule has 1 N–H and O–H groups in total. The molecule has 0 unspecified atom stereocenters. The van der Waals surface area contributed by atoms with Gasteiger partial charge in [0, 0.05) is 29.9 Å². The molecule has 0 fully saturated rings. The maximum Gasteiger partial charge on any atom is 0.191 e. The van der Waals surface area contributed by atoms with Gasteiger partial charge in [-0.2, -0.15) is 0 Å². The summed E-state index contributed by atoms with van der Waals surface area (Å²) in [5.41, 5.74) is 3.90. The number of pyridine rings is 2. The number of fused-ring (bicyclic) bond motifs is 2. The summed E-state index contributed by atoms with van der Waals surface area (Å²) in [5.74, 6) is -0.388. The van der Waals surface area contributed by atoms with Gasteiger partial charge >= 0.3 is 0 Å². The second-order valence-electron chi connectivity index (χ2n) is 6.98. The molecule has 0 saturated carbocycles. The molecule has 7 heteroatoms. The standard InChI is InChI=1S/C24H15FN6/c1-26-19-6-4-17-9-15(12-28-21(17)11-19)13-29-24-22(25)23(30-14-31-24)18-5-7-20-16(10-18)3-2-8-27-20/h2-12,14H,13H2,(H,29,30,31). The van der Waals surface area contributed by atoms with Crippen LogP contribution in [0.3, 0.4) is 0 Å². The van der Waals surface area contributed by atoms with Crippen LogP contribution in [0.15, 0.2) is 73.3 Å². The normalized spacial score (nSPS) is 10.8. The van der Waals surface area contributed by atoms with Crippen LogP contribution in [0.25, 0.3) is 37.9 Å². The molecular formula is C24H15FN6. The first-order valence-corrected chi connectivity index (χ1v) is 9.57. The van der Waals surface area contributed by atoms with Crippen LogP contribution in [-0.2, 0) is 6.54 Å². The molecule has 0 aliphatic heterocycles. The van der Waals surface area contributed by atoms with Crippen molar-refractivity contribution in [2.24, 2.45) is 0 Å². The van der Waals surface area contributed by atoms with Gasteiger partial charge in [-0.15, -0.1) is 0 Å². The van der Waals surface area contributed by atoms with Gasteiger partial charge < -0.3 is 5.32 Å². The molecule has 6 nitrogen and oxygen atoms in total. The monoisotopic (exact) mass is 406 g/mol. The van der Waals surface area contributed by atoms with Gasteiger partial charge in [-0.25, -0.2) is 19.2 Å². The topological polar surface area (TPSA) is 68.0 Å². The van der Waals surface area contributed by atoms with E-state index in [-0.39, 0.29) is 11.5 Å². The lowest BCUT2D eigenvalue weighted by atomic mass is 10.1. The molecular weight excluding hydrogens is 391 g/mol. The van der Waals surface area contributed by atoms with Gasteiger partial charge in [0.15, 0.2) is 17.3 Å². The van der Waals surface area contributed by atoms with E-state index in [1.807, 2.05) is 36.4 Å². The molecule has 148 valence electrons. The van der Waals surface area contributed by atoms with E-state index < -0.39 is 5.82 Å². The zero-order chi connectivity index (χ0) is 21.2. The molecule has 0 saturated heterocycles. The van der Waals surface area contributed by atoms with E-state index >= 15 is 4.39 Å². The van der Waals surface area contributed by atoms with Gasteiger partial charge in [0.25, 0.3) is 0 Å². The summed E-state index contributed by atoms with van der Waals surface area (Å²) in [4.78, 5) is 20.3. The predicted octanol–water partition coefficient (Wildman–Crippen LogP) is 5.54. The molecule has 0 radical (unpaired) electrons. The van der Waals surface area contributed by atoms with Crippen LogP contribution in [0.1, 0.15) is 5.56 Å². The highest BCUT2D eigenvalue weighted by Crippen LogP contribution is 2.27. The highest BCUT2D eigenvalue weighted by atomic mass is 19.1. The Balaban J connectivity index is 1.41. The lowest BCUT2D eigenvalue weighted by Crippen LogP contribution is -2.06. The van der Waals surface area contributed by atoms with E-state index in [4.69, 9.17) is 6.57 Å². The van der Waals surface area contributed by atoms with Gasteiger partial charge in [-0.05, 0) is 41.3 Å². The maximum absolute atomic E-state index is 15.2. The Hall–Kier alpha value is -4.44. The lowest BCUT2D eigenvalue weighted by molar-refractivity contribution is 0.621. The number of nitrogens with one attached hydrogen (secondary N) is 1. The van der Waals surface area contributed by atoms with Crippen molar-refractivity contribution in [1.82, 2.24) is 19.9 Å². The third-order valence-corrected chi connectivity index (χ3v) is 4.98. The molecule has 31 heavy (non-hydrogen) atoms. The van der Waals surface area contributed by atoms with E-state index in [1.54, 1.807) is 30.6 Å². The minimum Gasteiger partial charge on any atom is -0.363 e. The van der Waals surface area contributed by atoms with Crippen molar-refractivity contribution in [3.05, 3.63) is 96.1 Å². The summed E-state index contributed by atoms with van der Waals surface area (Å²) in [6.45, 7) is 7.45. The maximum atomic E-state index is 15.2. The highest BCUT2D eigenvalue weighted by molar-refractivity contribution is 5.84. The first kappa shape index (κ1) is 18.6. The summed E-state index contributed by atoms with van der Waals surface area (Å²) in [7, 11) is 0. The van der Waals surface area contributed by atoms with E-state index in [9.17, 15) is 0 Å². The van der Waals surface area contributed by atoms with Crippen LogP contribution < -0.4 is 5.32 Å². The van der Waals surface area contributed by atoms with Crippen molar-refractivity contribution in [3.8, 4) is 11.3 Å². The lowest BCUT2D eigenvalue weighted by Gasteiger charge is -2.10. The zero-order valence-corrected chi connectivity index (χ0v) is 16.2. The predicted molar refractivity (Wildman–Crippen MR) is 118 cm³/mol. The van der Waals surface area contributed by atoms with E-state index in [1.165, 1.54) is 6.33 Å². The average Bonchev–Trinajstić information content (AvgIpc) is 2.82. The molecule has 5 rings (SSSR count). The fourth-order valence-corrected chi connectivity index (χ4v) is 3.42.